The first-order chi connectivity index (χ1) is 8.48. The van der Waals surface area contributed by atoms with Crippen molar-refractivity contribution in [3.8, 4) is 0 Å². The fourth-order valence-electron chi connectivity index (χ4n) is 2.42. The summed E-state index contributed by atoms with van der Waals surface area (Å²) in [5, 5.41) is 13.8. The van der Waals surface area contributed by atoms with E-state index in [0.29, 0.717) is 12.8 Å². The minimum absolute atomic E-state index is 0.332. The van der Waals surface area contributed by atoms with Gasteiger partial charge in [0, 0.05) is 6.20 Å². The third kappa shape index (κ3) is 3.04. The van der Waals surface area contributed by atoms with Gasteiger partial charge in [-0.15, -0.1) is 0 Å². The van der Waals surface area contributed by atoms with Crippen LogP contribution in [0.5, 0.6) is 0 Å². The number of hydrogen-bond acceptors (Lipinski definition) is 2. The van der Waals surface area contributed by atoms with Crippen molar-refractivity contribution in [3.05, 3.63) is 18.0 Å². The van der Waals surface area contributed by atoms with Crippen LogP contribution < -0.4 is 0 Å². The van der Waals surface area contributed by atoms with Gasteiger partial charge in [0.15, 0.2) is 0 Å². The summed E-state index contributed by atoms with van der Waals surface area (Å²) in [6, 6.07) is -0.332. The summed E-state index contributed by atoms with van der Waals surface area (Å²) in [4.78, 5) is 0. The van der Waals surface area contributed by atoms with Gasteiger partial charge < -0.3 is 5.11 Å². The van der Waals surface area contributed by atoms with E-state index in [1.54, 1.807) is 0 Å². The Hall–Kier alpha value is -1.04. The van der Waals surface area contributed by atoms with E-state index >= 15 is 0 Å². The number of aromatic nitrogens is 2. The molecular weight excluding hydrogens is 245 g/mol. The lowest BCUT2D eigenvalue weighted by Gasteiger charge is -2.25. The first-order valence-electron chi connectivity index (χ1n) is 6.28. The van der Waals surface area contributed by atoms with Gasteiger partial charge in [0.25, 0.3) is 0 Å². The largest absolute Gasteiger partial charge is 0.419 e. The topological polar surface area (TPSA) is 38.0 Å². The van der Waals surface area contributed by atoms with Crippen LogP contribution in [0.25, 0.3) is 0 Å². The summed E-state index contributed by atoms with van der Waals surface area (Å²) in [7, 11) is 0. The van der Waals surface area contributed by atoms with Gasteiger partial charge in [0.2, 0.25) is 0 Å². The Kier molecular flexibility index (Phi) is 3.94. The summed E-state index contributed by atoms with van der Waals surface area (Å²) in [6.07, 6.45) is 2.14. The average molecular weight is 262 g/mol. The van der Waals surface area contributed by atoms with Crippen LogP contribution in [0.15, 0.2) is 12.4 Å². The summed E-state index contributed by atoms with van der Waals surface area (Å²) in [6.45, 7) is 0. The third-order valence-electron chi connectivity index (χ3n) is 3.46. The van der Waals surface area contributed by atoms with Gasteiger partial charge in [-0.2, -0.15) is 18.3 Å². The Labute approximate surface area is 104 Å². The molecule has 0 saturated heterocycles. The molecule has 2 unspecified atom stereocenters. The summed E-state index contributed by atoms with van der Waals surface area (Å²) < 4.78 is 38.8. The molecule has 6 heteroatoms. The second kappa shape index (κ2) is 5.30. The van der Waals surface area contributed by atoms with Crippen LogP contribution in [0.1, 0.15) is 50.1 Å². The Morgan fingerprint density at radius 1 is 1.17 bits per heavy atom. The minimum atomic E-state index is -4.37. The molecule has 1 aliphatic carbocycles. The quantitative estimate of drug-likeness (QED) is 0.844. The number of rotatable bonds is 1. The van der Waals surface area contributed by atoms with Crippen molar-refractivity contribution in [2.75, 3.05) is 0 Å². The number of aliphatic hydroxyl groups excluding tert-OH is 1. The highest BCUT2D eigenvalue weighted by molar-refractivity contribution is 5.09. The molecule has 2 rings (SSSR count). The number of aliphatic hydroxyl groups is 1. The molecule has 0 aromatic carbocycles. The molecule has 0 spiro atoms. The highest BCUT2D eigenvalue weighted by Gasteiger charge is 2.33. The Bertz CT molecular complexity index is 389. The van der Waals surface area contributed by atoms with Crippen molar-refractivity contribution < 1.29 is 18.3 Å². The van der Waals surface area contributed by atoms with Crippen LogP contribution in [0, 0.1) is 0 Å². The number of hydrogen-bond donors (Lipinski definition) is 1. The first-order valence-corrected chi connectivity index (χ1v) is 6.28. The fraction of sp³-hybridized carbons (Fsp3) is 0.750. The Morgan fingerprint density at radius 3 is 2.44 bits per heavy atom. The molecule has 1 fully saturated rings. The molecule has 1 saturated carbocycles. The molecule has 18 heavy (non-hydrogen) atoms. The van der Waals surface area contributed by atoms with E-state index in [4.69, 9.17) is 0 Å². The molecule has 0 radical (unpaired) electrons. The number of nitrogens with zero attached hydrogens (tertiary/aromatic N) is 2. The molecule has 1 aliphatic rings. The van der Waals surface area contributed by atoms with Crippen molar-refractivity contribution in [3.63, 3.8) is 0 Å². The van der Waals surface area contributed by atoms with Gasteiger partial charge >= 0.3 is 6.18 Å². The SMILES string of the molecule is OC1CCCCCCC1n1cc(C(F)(F)F)cn1. The van der Waals surface area contributed by atoms with E-state index in [9.17, 15) is 18.3 Å². The highest BCUT2D eigenvalue weighted by Crippen LogP contribution is 2.31. The van der Waals surface area contributed by atoms with Gasteiger partial charge in [0.05, 0.1) is 23.9 Å². The lowest BCUT2D eigenvalue weighted by Crippen LogP contribution is -2.26. The Balaban J connectivity index is 2.15. The lowest BCUT2D eigenvalue weighted by atomic mass is 9.94. The normalized spacial score (nSPS) is 26.7. The minimum Gasteiger partial charge on any atom is -0.391 e. The molecule has 0 aliphatic heterocycles. The van der Waals surface area contributed by atoms with Gasteiger partial charge in [-0.1, -0.05) is 25.7 Å². The molecule has 2 atom stereocenters. The highest BCUT2D eigenvalue weighted by atomic mass is 19.4. The van der Waals surface area contributed by atoms with E-state index in [0.717, 1.165) is 38.1 Å². The van der Waals surface area contributed by atoms with Crippen LogP contribution >= 0.6 is 0 Å². The average Bonchev–Trinajstić information content (AvgIpc) is 2.72. The molecule has 1 N–H and O–H groups in total. The van der Waals surface area contributed by atoms with Crippen LogP contribution in [0.3, 0.4) is 0 Å². The smallest absolute Gasteiger partial charge is 0.391 e. The van der Waals surface area contributed by atoms with E-state index in [2.05, 4.69) is 5.10 Å². The zero-order valence-corrected chi connectivity index (χ0v) is 10.0. The standard InChI is InChI=1S/C12H17F3N2O/c13-12(14,15)9-7-16-17(8-9)10-5-3-1-2-4-6-11(10)18/h7-8,10-11,18H,1-6H2. The van der Waals surface area contributed by atoms with E-state index in [1.165, 1.54) is 4.68 Å². The number of alkyl halides is 3. The number of halogens is 3. The van der Waals surface area contributed by atoms with Crippen molar-refractivity contribution in [1.82, 2.24) is 9.78 Å². The van der Waals surface area contributed by atoms with Crippen molar-refractivity contribution in [1.29, 1.82) is 0 Å². The van der Waals surface area contributed by atoms with Crippen molar-refractivity contribution in [2.45, 2.75) is 56.8 Å². The van der Waals surface area contributed by atoms with Gasteiger partial charge in [-0.25, -0.2) is 0 Å². The molecule has 3 nitrogen and oxygen atoms in total. The molecule has 1 aromatic heterocycles. The molecule has 0 amide bonds. The molecule has 0 bridgehead atoms. The first kappa shape index (κ1) is 13.4. The van der Waals surface area contributed by atoms with Gasteiger partial charge in [-0.05, 0) is 12.8 Å². The third-order valence-corrected chi connectivity index (χ3v) is 3.46. The van der Waals surface area contributed by atoms with Crippen molar-refractivity contribution in [2.24, 2.45) is 0 Å². The zero-order valence-electron chi connectivity index (χ0n) is 10.0. The lowest BCUT2D eigenvalue weighted by molar-refractivity contribution is -0.137. The van der Waals surface area contributed by atoms with E-state index in [-0.39, 0.29) is 6.04 Å². The Morgan fingerprint density at radius 2 is 1.83 bits per heavy atom. The van der Waals surface area contributed by atoms with E-state index in [1.807, 2.05) is 0 Å². The van der Waals surface area contributed by atoms with Crippen LogP contribution in [0.2, 0.25) is 0 Å². The van der Waals surface area contributed by atoms with Crippen molar-refractivity contribution >= 4 is 0 Å². The van der Waals surface area contributed by atoms with Gasteiger partial charge in [0.1, 0.15) is 0 Å². The summed E-state index contributed by atoms with van der Waals surface area (Å²) >= 11 is 0. The zero-order chi connectivity index (χ0) is 13.2. The van der Waals surface area contributed by atoms with Crippen LogP contribution in [-0.4, -0.2) is 21.0 Å². The molecule has 102 valence electrons. The maximum atomic E-state index is 12.5. The maximum absolute atomic E-state index is 12.5. The predicted octanol–water partition coefficient (Wildman–Crippen LogP) is 3.16. The molecular formula is C12H17F3N2O. The van der Waals surface area contributed by atoms with Crippen LogP contribution in [-0.2, 0) is 6.18 Å². The van der Waals surface area contributed by atoms with Gasteiger partial charge in [-0.3, -0.25) is 4.68 Å². The van der Waals surface area contributed by atoms with Crippen LogP contribution in [0.4, 0.5) is 13.2 Å². The summed E-state index contributed by atoms with van der Waals surface area (Å²) in [5.41, 5.74) is -0.753. The molecule has 1 heterocycles. The second-order valence-electron chi connectivity index (χ2n) is 4.83. The monoisotopic (exact) mass is 262 g/mol. The second-order valence-corrected chi connectivity index (χ2v) is 4.83. The fourth-order valence-corrected chi connectivity index (χ4v) is 2.42. The molecule has 1 aromatic rings. The summed E-state index contributed by atoms with van der Waals surface area (Å²) in [5.74, 6) is 0. The predicted molar refractivity (Wildman–Crippen MR) is 60.0 cm³/mol. The maximum Gasteiger partial charge on any atom is 0.419 e. The van der Waals surface area contributed by atoms with E-state index < -0.39 is 17.8 Å².